The lowest BCUT2D eigenvalue weighted by molar-refractivity contribution is -0.146. The van der Waals surface area contributed by atoms with Crippen LogP contribution in [0, 0.1) is 11.3 Å². The zero-order chi connectivity index (χ0) is 15.6. The molecule has 0 aromatic carbocycles. The van der Waals surface area contributed by atoms with Gasteiger partial charge in [0.05, 0.1) is 0 Å². The van der Waals surface area contributed by atoms with E-state index in [1.807, 2.05) is 25.7 Å². The van der Waals surface area contributed by atoms with Crippen molar-refractivity contribution in [2.75, 3.05) is 19.6 Å². The van der Waals surface area contributed by atoms with Gasteiger partial charge in [-0.25, -0.2) is 0 Å². The van der Waals surface area contributed by atoms with Crippen molar-refractivity contribution in [1.82, 2.24) is 9.80 Å². The first-order chi connectivity index (χ1) is 9.80. The van der Waals surface area contributed by atoms with E-state index in [-0.39, 0.29) is 17.2 Å². The fraction of sp³-hybridized carbons (Fsp3) is 0.882. The normalized spacial score (nSPS) is 25.0. The first-order valence-corrected chi connectivity index (χ1v) is 8.40. The van der Waals surface area contributed by atoms with Gasteiger partial charge in [-0.05, 0) is 39.0 Å². The molecule has 1 atom stereocenters. The summed E-state index contributed by atoms with van der Waals surface area (Å²) in [7, 11) is 0. The minimum atomic E-state index is -0.321. The average Bonchev–Trinajstić information content (AvgIpc) is 2.45. The molecule has 2 amide bonds. The van der Waals surface area contributed by atoms with Gasteiger partial charge in [0.2, 0.25) is 11.8 Å². The Morgan fingerprint density at radius 2 is 1.57 bits per heavy atom. The molecule has 1 unspecified atom stereocenters. The quantitative estimate of drug-likeness (QED) is 0.746. The highest BCUT2D eigenvalue weighted by Crippen LogP contribution is 2.27. The van der Waals surface area contributed by atoms with Gasteiger partial charge >= 0.3 is 0 Å². The first kappa shape index (κ1) is 16.3. The number of amides is 2. The zero-order valence-electron chi connectivity index (χ0n) is 14.0. The van der Waals surface area contributed by atoms with E-state index in [2.05, 4.69) is 11.8 Å². The van der Waals surface area contributed by atoms with Crippen molar-refractivity contribution in [3.63, 3.8) is 0 Å². The molecule has 2 heterocycles. The topological polar surface area (TPSA) is 40.6 Å². The van der Waals surface area contributed by atoms with Gasteiger partial charge in [0.1, 0.15) is 0 Å². The van der Waals surface area contributed by atoms with Crippen LogP contribution in [0.1, 0.15) is 59.8 Å². The highest BCUT2D eigenvalue weighted by Gasteiger charge is 2.35. The van der Waals surface area contributed by atoms with Gasteiger partial charge in [0.25, 0.3) is 0 Å². The van der Waals surface area contributed by atoms with E-state index in [9.17, 15) is 9.59 Å². The van der Waals surface area contributed by atoms with Crippen LogP contribution in [0.4, 0.5) is 0 Å². The van der Waals surface area contributed by atoms with Gasteiger partial charge in [-0.3, -0.25) is 9.59 Å². The fourth-order valence-corrected chi connectivity index (χ4v) is 3.46. The van der Waals surface area contributed by atoms with Crippen molar-refractivity contribution in [2.45, 2.75) is 65.8 Å². The molecule has 0 spiro atoms. The molecular formula is C17H30N2O2. The monoisotopic (exact) mass is 294 g/mol. The Morgan fingerprint density at radius 3 is 2.10 bits per heavy atom. The van der Waals surface area contributed by atoms with E-state index in [0.717, 1.165) is 45.3 Å². The molecule has 2 fully saturated rings. The lowest BCUT2D eigenvalue weighted by Gasteiger charge is -2.39. The maximum atomic E-state index is 12.7. The maximum Gasteiger partial charge on any atom is 0.227 e. The van der Waals surface area contributed by atoms with Gasteiger partial charge in [0.15, 0.2) is 0 Å². The SMILES string of the molecule is CC1CCCCN1C(=O)C1CCN(C(=O)C(C)(C)C)CC1. The van der Waals surface area contributed by atoms with Crippen molar-refractivity contribution < 1.29 is 9.59 Å². The summed E-state index contributed by atoms with van der Waals surface area (Å²) in [6.45, 7) is 10.4. The molecule has 0 bridgehead atoms. The minimum Gasteiger partial charge on any atom is -0.342 e. The van der Waals surface area contributed by atoms with Crippen LogP contribution in [0.25, 0.3) is 0 Å². The molecule has 2 saturated heterocycles. The Kier molecular flexibility index (Phi) is 4.95. The Balaban J connectivity index is 1.89. The van der Waals surface area contributed by atoms with Crippen LogP contribution >= 0.6 is 0 Å². The molecule has 0 radical (unpaired) electrons. The molecule has 2 rings (SSSR count). The molecule has 4 heteroatoms. The molecule has 0 aromatic heterocycles. The van der Waals surface area contributed by atoms with Crippen molar-refractivity contribution >= 4 is 11.8 Å². The number of rotatable bonds is 1. The second-order valence-electron chi connectivity index (χ2n) is 7.69. The molecule has 0 aromatic rings. The summed E-state index contributed by atoms with van der Waals surface area (Å²) in [4.78, 5) is 29.0. The summed E-state index contributed by atoms with van der Waals surface area (Å²) >= 11 is 0. The van der Waals surface area contributed by atoms with Gasteiger partial charge in [-0.15, -0.1) is 0 Å². The van der Waals surface area contributed by atoms with Crippen LogP contribution in [0.2, 0.25) is 0 Å². The largest absolute Gasteiger partial charge is 0.342 e. The predicted octanol–water partition coefficient (Wildman–Crippen LogP) is 2.67. The van der Waals surface area contributed by atoms with E-state index < -0.39 is 0 Å². The number of nitrogens with zero attached hydrogens (tertiary/aromatic N) is 2. The number of likely N-dealkylation sites (tertiary alicyclic amines) is 2. The zero-order valence-corrected chi connectivity index (χ0v) is 14.0. The maximum absolute atomic E-state index is 12.7. The van der Waals surface area contributed by atoms with Crippen molar-refractivity contribution in [2.24, 2.45) is 11.3 Å². The Labute approximate surface area is 128 Å². The number of hydrogen-bond donors (Lipinski definition) is 0. The third-order valence-corrected chi connectivity index (χ3v) is 4.86. The standard InChI is InChI=1S/C17H30N2O2/c1-13-7-5-6-10-19(13)15(20)14-8-11-18(12-9-14)16(21)17(2,3)4/h13-14H,5-12H2,1-4H3. The minimum absolute atomic E-state index is 0.120. The summed E-state index contributed by atoms with van der Waals surface area (Å²) in [6, 6.07) is 0.389. The molecule has 120 valence electrons. The van der Waals surface area contributed by atoms with Crippen LogP contribution in [0.3, 0.4) is 0 Å². The number of carbonyl (C=O) groups excluding carboxylic acids is 2. The fourth-order valence-electron chi connectivity index (χ4n) is 3.46. The lowest BCUT2D eigenvalue weighted by atomic mass is 9.89. The molecule has 4 nitrogen and oxygen atoms in total. The number of piperidine rings is 2. The van der Waals surface area contributed by atoms with Crippen molar-refractivity contribution in [3.05, 3.63) is 0 Å². The molecule has 2 aliphatic heterocycles. The van der Waals surface area contributed by atoms with E-state index in [1.54, 1.807) is 0 Å². The smallest absolute Gasteiger partial charge is 0.227 e. The van der Waals surface area contributed by atoms with Gasteiger partial charge in [-0.2, -0.15) is 0 Å². The average molecular weight is 294 g/mol. The van der Waals surface area contributed by atoms with E-state index in [0.29, 0.717) is 11.9 Å². The van der Waals surface area contributed by atoms with E-state index >= 15 is 0 Å². The highest BCUT2D eigenvalue weighted by molar-refractivity contribution is 5.83. The van der Waals surface area contributed by atoms with Crippen molar-refractivity contribution in [3.8, 4) is 0 Å². The van der Waals surface area contributed by atoms with Crippen LogP contribution in [0.15, 0.2) is 0 Å². The highest BCUT2D eigenvalue weighted by atomic mass is 16.2. The summed E-state index contributed by atoms with van der Waals surface area (Å²) in [5, 5.41) is 0. The van der Waals surface area contributed by atoms with Crippen LogP contribution in [-0.2, 0) is 9.59 Å². The van der Waals surface area contributed by atoms with Crippen LogP contribution < -0.4 is 0 Å². The third-order valence-electron chi connectivity index (χ3n) is 4.86. The second kappa shape index (κ2) is 6.37. The Hall–Kier alpha value is -1.06. The molecule has 0 N–H and O–H groups in total. The van der Waals surface area contributed by atoms with Gasteiger partial charge in [0, 0.05) is 37.0 Å². The lowest BCUT2D eigenvalue weighted by Crippen LogP contribution is -2.50. The summed E-state index contributed by atoms with van der Waals surface area (Å²) < 4.78 is 0. The van der Waals surface area contributed by atoms with Crippen molar-refractivity contribution in [1.29, 1.82) is 0 Å². The number of carbonyl (C=O) groups is 2. The predicted molar refractivity (Wildman–Crippen MR) is 83.8 cm³/mol. The third kappa shape index (κ3) is 3.78. The Morgan fingerprint density at radius 1 is 0.952 bits per heavy atom. The van der Waals surface area contributed by atoms with E-state index in [1.165, 1.54) is 6.42 Å². The molecule has 21 heavy (non-hydrogen) atoms. The molecule has 2 aliphatic rings. The Bertz CT molecular complexity index is 392. The van der Waals surface area contributed by atoms with Crippen LogP contribution in [-0.4, -0.2) is 47.3 Å². The summed E-state index contributed by atoms with van der Waals surface area (Å²) in [6.07, 6.45) is 5.15. The van der Waals surface area contributed by atoms with Crippen LogP contribution in [0.5, 0.6) is 0 Å². The van der Waals surface area contributed by atoms with E-state index in [4.69, 9.17) is 0 Å². The van der Waals surface area contributed by atoms with Gasteiger partial charge < -0.3 is 9.80 Å². The summed E-state index contributed by atoms with van der Waals surface area (Å²) in [5.41, 5.74) is -0.321. The first-order valence-electron chi connectivity index (χ1n) is 8.40. The van der Waals surface area contributed by atoms with Gasteiger partial charge in [-0.1, -0.05) is 20.8 Å². The number of hydrogen-bond acceptors (Lipinski definition) is 2. The molecule has 0 aliphatic carbocycles. The molecular weight excluding hydrogens is 264 g/mol. The second-order valence-corrected chi connectivity index (χ2v) is 7.69. The molecule has 0 saturated carbocycles. The summed E-state index contributed by atoms with van der Waals surface area (Å²) in [5.74, 6) is 0.652.